The second-order valence-electron chi connectivity index (χ2n) is 4.83. The summed E-state index contributed by atoms with van der Waals surface area (Å²) in [6, 6.07) is 8.96. The monoisotopic (exact) mass is 247 g/mol. The minimum Gasteiger partial charge on any atom is -0.331 e. The van der Waals surface area contributed by atoms with Gasteiger partial charge in [0.2, 0.25) is 0 Å². The number of likely N-dealkylation sites (tertiary alicyclic amines) is 1. The number of benzene rings is 1. The van der Waals surface area contributed by atoms with Gasteiger partial charge in [0.05, 0.1) is 11.0 Å². The van der Waals surface area contributed by atoms with Gasteiger partial charge in [0.15, 0.2) is 4.77 Å². The van der Waals surface area contributed by atoms with E-state index in [9.17, 15) is 0 Å². The lowest BCUT2D eigenvalue weighted by Crippen LogP contribution is -2.29. The number of nitrogens with zero attached hydrogens (tertiary/aromatic N) is 2. The zero-order valence-electron chi connectivity index (χ0n) is 10.0. The molecule has 2 heterocycles. The number of nitrogens with one attached hydrogen (secondary N) is 1. The van der Waals surface area contributed by atoms with E-state index in [4.69, 9.17) is 12.2 Å². The first kappa shape index (κ1) is 11.0. The molecule has 2 aromatic rings. The molecule has 1 saturated heterocycles. The third-order valence-corrected chi connectivity index (χ3v) is 4.07. The number of aromatic amines is 1. The number of para-hydroxylation sites is 2. The summed E-state index contributed by atoms with van der Waals surface area (Å²) in [6.07, 6.45) is 2.58. The number of H-pyrrole nitrogens is 1. The highest BCUT2D eigenvalue weighted by Crippen LogP contribution is 2.20. The Balaban J connectivity index is 1.99. The van der Waals surface area contributed by atoms with Crippen LogP contribution in [0.5, 0.6) is 0 Å². The summed E-state index contributed by atoms with van der Waals surface area (Å²) in [5.41, 5.74) is 2.36. The molecule has 0 radical (unpaired) electrons. The zero-order chi connectivity index (χ0) is 11.8. The number of imidazole rings is 1. The molecule has 1 N–H and O–H groups in total. The number of aromatic nitrogens is 2. The third-order valence-electron chi connectivity index (χ3n) is 3.75. The van der Waals surface area contributed by atoms with E-state index in [0.29, 0.717) is 6.04 Å². The highest BCUT2D eigenvalue weighted by atomic mass is 32.1. The SMILES string of the molecule is CN1CCCC1Cn1c(=S)[nH]c2ccccc21. The number of fused-ring (bicyclic) bond motifs is 1. The van der Waals surface area contributed by atoms with Crippen molar-refractivity contribution in [3.8, 4) is 0 Å². The maximum atomic E-state index is 5.42. The Morgan fingerprint density at radius 2 is 2.24 bits per heavy atom. The molecule has 1 fully saturated rings. The van der Waals surface area contributed by atoms with Crippen LogP contribution in [0.2, 0.25) is 0 Å². The van der Waals surface area contributed by atoms with Gasteiger partial charge in [0.25, 0.3) is 0 Å². The Hall–Kier alpha value is -1.13. The first-order chi connectivity index (χ1) is 8.25. The maximum Gasteiger partial charge on any atom is 0.178 e. The lowest BCUT2D eigenvalue weighted by Gasteiger charge is -2.20. The highest BCUT2D eigenvalue weighted by molar-refractivity contribution is 7.71. The van der Waals surface area contributed by atoms with Gasteiger partial charge in [0.1, 0.15) is 0 Å². The van der Waals surface area contributed by atoms with Crippen LogP contribution in [0.1, 0.15) is 12.8 Å². The first-order valence-electron chi connectivity index (χ1n) is 6.13. The molecule has 1 aliphatic heterocycles. The molecule has 3 rings (SSSR count). The summed E-state index contributed by atoms with van der Waals surface area (Å²) in [5, 5.41) is 0. The van der Waals surface area contributed by atoms with Crippen molar-refractivity contribution in [2.24, 2.45) is 0 Å². The van der Waals surface area contributed by atoms with Crippen molar-refractivity contribution in [1.82, 2.24) is 14.5 Å². The van der Waals surface area contributed by atoms with Crippen LogP contribution >= 0.6 is 12.2 Å². The molecule has 1 unspecified atom stereocenters. The molecule has 4 heteroatoms. The van der Waals surface area contributed by atoms with Gasteiger partial charge in [-0.2, -0.15) is 0 Å². The van der Waals surface area contributed by atoms with Crippen LogP contribution in [0.15, 0.2) is 24.3 Å². The van der Waals surface area contributed by atoms with E-state index in [1.54, 1.807) is 0 Å². The average molecular weight is 247 g/mol. The lowest BCUT2D eigenvalue weighted by molar-refractivity contribution is 0.283. The lowest BCUT2D eigenvalue weighted by atomic mass is 10.2. The largest absolute Gasteiger partial charge is 0.331 e. The summed E-state index contributed by atoms with van der Waals surface area (Å²) in [5.74, 6) is 0. The zero-order valence-corrected chi connectivity index (χ0v) is 10.8. The van der Waals surface area contributed by atoms with Crippen LogP contribution < -0.4 is 0 Å². The quantitative estimate of drug-likeness (QED) is 0.825. The molecule has 3 nitrogen and oxygen atoms in total. The summed E-state index contributed by atoms with van der Waals surface area (Å²) < 4.78 is 3.07. The van der Waals surface area contributed by atoms with Gasteiger partial charge in [0, 0.05) is 12.6 Å². The Morgan fingerprint density at radius 1 is 1.41 bits per heavy atom. The Morgan fingerprint density at radius 3 is 3.00 bits per heavy atom. The molecule has 0 amide bonds. The molecule has 0 aliphatic carbocycles. The molecule has 17 heavy (non-hydrogen) atoms. The Kier molecular flexibility index (Phi) is 2.76. The molecule has 1 atom stereocenters. The average Bonchev–Trinajstić information content (AvgIpc) is 2.85. The van der Waals surface area contributed by atoms with E-state index in [-0.39, 0.29) is 0 Å². The van der Waals surface area contributed by atoms with Crippen LogP contribution in [0.4, 0.5) is 0 Å². The molecule has 90 valence electrons. The Bertz CT molecular complexity index is 584. The normalized spacial score (nSPS) is 21.4. The van der Waals surface area contributed by atoms with Gasteiger partial charge >= 0.3 is 0 Å². The summed E-state index contributed by atoms with van der Waals surface area (Å²) >= 11 is 5.42. The number of hydrogen-bond donors (Lipinski definition) is 1. The molecule has 1 aliphatic rings. The standard InChI is InChI=1S/C13H17N3S/c1-15-8-4-5-10(15)9-16-12-7-3-2-6-11(12)14-13(16)17/h2-3,6-7,10H,4-5,8-9H2,1H3,(H,14,17). The third kappa shape index (κ3) is 1.91. The molecule has 0 saturated carbocycles. The van der Waals surface area contributed by atoms with E-state index in [1.165, 1.54) is 24.9 Å². The second-order valence-corrected chi connectivity index (χ2v) is 5.22. The van der Waals surface area contributed by atoms with Crippen LogP contribution in [0.3, 0.4) is 0 Å². The topological polar surface area (TPSA) is 24.0 Å². The molecular weight excluding hydrogens is 230 g/mol. The highest BCUT2D eigenvalue weighted by Gasteiger charge is 2.21. The number of hydrogen-bond acceptors (Lipinski definition) is 2. The molecule has 1 aromatic heterocycles. The van der Waals surface area contributed by atoms with Gasteiger partial charge in [-0.3, -0.25) is 0 Å². The predicted octanol–water partition coefficient (Wildman–Crippen LogP) is 2.79. The number of rotatable bonds is 2. The summed E-state index contributed by atoms with van der Waals surface area (Å²) in [7, 11) is 2.20. The Labute approximate surface area is 106 Å². The number of likely N-dealkylation sites (N-methyl/N-ethyl adjacent to an activating group) is 1. The maximum absolute atomic E-state index is 5.42. The van der Waals surface area contributed by atoms with Gasteiger partial charge in [-0.25, -0.2) is 0 Å². The minimum absolute atomic E-state index is 0.626. The van der Waals surface area contributed by atoms with Crippen LogP contribution in [-0.2, 0) is 6.54 Å². The van der Waals surface area contributed by atoms with Crippen molar-refractivity contribution in [2.75, 3.05) is 13.6 Å². The van der Waals surface area contributed by atoms with Gasteiger partial charge < -0.3 is 14.5 Å². The molecule has 1 aromatic carbocycles. The van der Waals surface area contributed by atoms with Gasteiger partial charge in [-0.15, -0.1) is 0 Å². The molecule has 0 bridgehead atoms. The van der Waals surface area contributed by atoms with Crippen LogP contribution in [0.25, 0.3) is 11.0 Å². The smallest absolute Gasteiger partial charge is 0.178 e. The van der Waals surface area contributed by atoms with Crippen LogP contribution in [-0.4, -0.2) is 34.1 Å². The van der Waals surface area contributed by atoms with E-state index >= 15 is 0 Å². The first-order valence-corrected chi connectivity index (χ1v) is 6.54. The second kappa shape index (κ2) is 4.27. The summed E-state index contributed by atoms with van der Waals surface area (Å²) in [6.45, 7) is 2.21. The fraction of sp³-hybridized carbons (Fsp3) is 0.462. The van der Waals surface area contributed by atoms with E-state index in [1.807, 2.05) is 6.07 Å². The van der Waals surface area contributed by atoms with Crippen molar-refractivity contribution in [2.45, 2.75) is 25.4 Å². The van der Waals surface area contributed by atoms with E-state index < -0.39 is 0 Å². The fourth-order valence-electron chi connectivity index (χ4n) is 2.71. The summed E-state index contributed by atoms with van der Waals surface area (Å²) in [4.78, 5) is 5.71. The van der Waals surface area contributed by atoms with Crippen molar-refractivity contribution >= 4 is 23.3 Å². The van der Waals surface area contributed by atoms with Gasteiger partial charge in [-0.1, -0.05) is 12.1 Å². The van der Waals surface area contributed by atoms with Crippen molar-refractivity contribution in [3.63, 3.8) is 0 Å². The van der Waals surface area contributed by atoms with Crippen molar-refractivity contribution in [1.29, 1.82) is 0 Å². The predicted molar refractivity (Wildman–Crippen MR) is 72.8 cm³/mol. The molecule has 0 spiro atoms. The van der Waals surface area contributed by atoms with E-state index in [0.717, 1.165) is 16.8 Å². The molecular formula is C13H17N3S. The van der Waals surface area contributed by atoms with Crippen molar-refractivity contribution in [3.05, 3.63) is 29.0 Å². The van der Waals surface area contributed by atoms with Crippen molar-refractivity contribution < 1.29 is 0 Å². The van der Waals surface area contributed by atoms with E-state index in [2.05, 4.69) is 39.7 Å². The van der Waals surface area contributed by atoms with Gasteiger partial charge in [-0.05, 0) is 50.8 Å². The minimum atomic E-state index is 0.626. The fourth-order valence-corrected chi connectivity index (χ4v) is 2.99. The van der Waals surface area contributed by atoms with Crippen LogP contribution in [0, 0.1) is 4.77 Å².